The van der Waals surface area contributed by atoms with Crippen LogP contribution in [0.2, 0.25) is 0 Å². The summed E-state index contributed by atoms with van der Waals surface area (Å²) in [7, 11) is 1.80. The molecule has 0 unspecified atom stereocenters. The zero-order valence-corrected chi connectivity index (χ0v) is 17.6. The van der Waals surface area contributed by atoms with Crippen LogP contribution in [0.25, 0.3) is 0 Å². The Bertz CT molecular complexity index is 496. The predicted octanol–water partition coefficient (Wildman–Crippen LogP) is 0.531. The fourth-order valence-corrected chi connectivity index (χ4v) is 4.30. The second-order valence-electron chi connectivity index (χ2n) is 8.28. The van der Waals surface area contributed by atoms with E-state index >= 15 is 0 Å². The highest BCUT2D eigenvalue weighted by Crippen LogP contribution is 2.24. The number of amides is 1. The third-order valence-corrected chi connectivity index (χ3v) is 5.48. The number of carbonyl (C=O) groups excluding carboxylic acids is 1. The Morgan fingerprint density at radius 1 is 1.19 bits per heavy atom. The molecule has 7 heteroatoms. The Kier molecular flexibility index (Phi) is 7.29. The lowest BCUT2D eigenvalue weighted by molar-refractivity contribution is -0.145. The molecule has 0 aromatic carbocycles. The van der Waals surface area contributed by atoms with Crippen LogP contribution in [0.4, 0.5) is 0 Å². The molecular formula is C19H38N6O. The van der Waals surface area contributed by atoms with E-state index in [0.29, 0.717) is 6.54 Å². The van der Waals surface area contributed by atoms with Gasteiger partial charge in [0.05, 0.1) is 12.1 Å². The van der Waals surface area contributed by atoms with Crippen molar-refractivity contribution in [2.75, 3.05) is 66.0 Å². The topological polar surface area (TPSA) is 54.4 Å². The molecule has 1 N–H and O–H groups in total. The molecule has 7 nitrogen and oxygen atoms in total. The molecule has 0 atom stereocenters. The summed E-state index contributed by atoms with van der Waals surface area (Å²) in [5.41, 5.74) is -0.197. The molecule has 0 aliphatic carbocycles. The molecular weight excluding hydrogens is 328 g/mol. The monoisotopic (exact) mass is 366 g/mol. The quantitative estimate of drug-likeness (QED) is 0.568. The van der Waals surface area contributed by atoms with Gasteiger partial charge in [0.25, 0.3) is 0 Å². The van der Waals surface area contributed by atoms with Crippen LogP contribution in [0.3, 0.4) is 0 Å². The van der Waals surface area contributed by atoms with Gasteiger partial charge in [-0.3, -0.25) is 14.7 Å². The second kappa shape index (κ2) is 9.04. The molecule has 0 bridgehead atoms. The van der Waals surface area contributed by atoms with Gasteiger partial charge in [-0.2, -0.15) is 0 Å². The molecule has 0 aromatic rings. The van der Waals surface area contributed by atoms with Crippen molar-refractivity contribution < 1.29 is 4.79 Å². The smallest absolute Gasteiger partial charge is 0.242 e. The van der Waals surface area contributed by atoms with E-state index in [1.165, 1.54) is 0 Å². The van der Waals surface area contributed by atoms with Crippen molar-refractivity contribution in [2.24, 2.45) is 4.99 Å². The van der Waals surface area contributed by atoms with Crippen LogP contribution in [-0.2, 0) is 4.79 Å². The van der Waals surface area contributed by atoms with Gasteiger partial charge in [0, 0.05) is 58.9 Å². The average molecular weight is 367 g/mol. The maximum Gasteiger partial charge on any atom is 0.242 e. The molecule has 0 saturated carbocycles. The molecule has 0 radical (unpaired) electrons. The van der Waals surface area contributed by atoms with E-state index in [1.807, 2.05) is 4.90 Å². The van der Waals surface area contributed by atoms with E-state index in [-0.39, 0.29) is 17.5 Å². The van der Waals surface area contributed by atoms with Gasteiger partial charge < -0.3 is 20.0 Å². The number of piperazine rings is 2. The first-order valence-electron chi connectivity index (χ1n) is 10.0. The van der Waals surface area contributed by atoms with Crippen molar-refractivity contribution in [2.45, 2.75) is 46.2 Å². The number of rotatable bonds is 5. The van der Waals surface area contributed by atoms with Crippen molar-refractivity contribution in [1.82, 2.24) is 24.9 Å². The number of guanidine groups is 1. The summed E-state index contributed by atoms with van der Waals surface area (Å²) in [5, 5.41) is 3.46. The summed E-state index contributed by atoms with van der Waals surface area (Å²) in [6, 6.07) is 0.219. The molecule has 2 saturated heterocycles. The van der Waals surface area contributed by atoms with Gasteiger partial charge in [0.15, 0.2) is 5.96 Å². The van der Waals surface area contributed by atoms with Crippen molar-refractivity contribution >= 4 is 11.9 Å². The largest absolute Gasteiger partial charge is 0.355 e. The van der Waals surface area contributed by atoms with E-state index in [2.05, 4.69) is 59.6 Å². The van der Waals surface area contributed by atoms with E-state index in [4.69, 9.17) is 0 Å². The van der Waals surface area contributed by atoms with Crippen LogP contribution in [-0.4, -0.2) is 109 Å². The minimum absolute atomic E-state index is 0.176. The normalized spacial score (nSPS) is 23.0. The van der Waals surface area contributed by atoms with Crippen LogP contribution >= 0.6 is 0 Å². The van der Waals surface area contributed by atoms with Crippen LogP contribution in [0, 0.1) is 0 Å². The average Bonchev–Trinajstić information content (AvgIpc) is 2.57. The van der Waals surface area contributed by atoms with Gasteiger partial charge in [-0.25, -0.2) is 0 Å². The highest BCUT2D eigenvalue weighted by atomic mass is 16.2. The standard InChI is InChI=1S/C19H38N6O/c1-7-22-10-12-23(13-11-22)9-8-21-18(20-6)24-14-17(26)25(16(2)3)19(4,5)15-24/h16H,7-15H2,1-6H3,(H,20,21). The summed E-state index contributed by atoms with van der Waals surface area (Å²) in [6.07, 6.45) is 0. The Labute approximate surface area is 159 Å². The summed E-state index contributed by atoms with van der Waals surface area (Å²) >= 11 is 0. The van der Waals surface area contributed by atoms with Gasteiger partial charge in [0.1, 0.15) is 0 Å². The lowest BCUT2D eigenvalue weighted by atomic mass is 9.96. The van der Waals surface area contributed by atoms with E-state index in [1.54, 1.807) is 7.05 Å². The zero-order chi connectivity index (χ0) is 19.3. The lowest BCUT2D eigenvalue weighted by Gasteiger charge is -2.49. The number of hydrogen-bond acceptors (Lipinski definition) is 4. The molecule has 2 aliphatic heterocycles. The Hall–Kier alpha value is -1.34. The molecule has 2 aliphatic rings. The summed E-state index contributed by atoms with van der Waals surface area (Å²) in [6.45, 7) is 19.5. The summed E-state index contributed by atoms with van der Waals surface area (Å²) < 4.78 is 0. The van der Waals surface area contributed by atoms with E-state index < -0.39 is 0 Å². The van der Waals surface area contributed by atoms with Crippen molar-refractivity contribution in [3.8, 4) is 0 Å². The number of carbonyl (C=O) groups is 1. The Morgan fingerprint density at radius 2 is 1.81 bits per heavy atom. The number of nitrogens with one attached hydrogen (secondary N) is 1. The number of nitrogens with zero attached hydrogens (tertiary/aromatic N) is 5. The Balaban J connectivity index is 1.85. The lowest BCUT2D eigenvalue weighted by Crippen LogP contribution is -2.66. The van der Waals surface area contributed by atoms with Crippen LogP contribution in [0.1, 0.15) is 34.6 Å². The highest BCUT2D eigenvalue weighted by Gasteiger charge is 2.40. The fourth-order valence-electron chi connectivity index (χ4n) is 4.30. The van der Waals surface area contributed by atoms with Gasteiger partial charge in [0.2, 0.25) is 5.91 Å². The molecule has 2 fully saturated rings. The summed E-state index contributed by atoms with van der Waals surface area (Å²) in [5.74, 6) is 1.01. The number of aliphatic imine (C=N–C) groups is 1. The fraction of sp³-hybridized carbons (Fsp3) is 0.895. The third-order valence-electron chi connectivity index (χ3n) is 5.48. The molecule has 1 amide bonds. The minimum atomic E-state index is -0.197. The van der Waals surface area contributed by atoms with Gasteiger partial charge in [-0.05, 0) is 34.2 Å². The molecule has 0 aromatic heterocycles. The molecule has 0 spiro atoms. The summed E-state index contributed by atoms with van der Waals surface area (Å²) in [4.78, 5) is 26.2. The maximum absolute atomic E-state index is 12.7. The minimum Gasteiger partial charge on any atom is -0.355 e. The first-order valence-corrected chi connectivity index (χ1v) is 10.0. The van der Waals surface area contributed by atoms with Gasteiger partial charge in [-0.15, -0.1) is 0 Å². The van der Waals surface area contributed by atoms with E-state index in [9.17, 15) is 4.79 Å². The van der Waals surface area contributed by atoms with Gasteiger partial charge >= 0.3 is 0 Å². The predicted molar refractivity (Wildman–Crippen MR) is 108 cm³/mol. The zero-order valence-electron chi connectivity index (χ0n) is 17.6. The van der Waals surface area contributed by atoms with Crippen LogP contribution in [0.15, 0.2) is 4.99 Å². The van der Waals surface area contributed by atoms with Crippen molar-refractivity contribution in [3.05, 3.63) is 0 Å². The SMILES string of the molecule is CCN1CCN(CCNC(=NC)N2CC(=O)N(C(C)C)C(C)(C)C2)CC1. The number of hydrogen-bond donors (Lipinski definition) is 1. The molecule has 2 heterocycles. The van der Waals surface area contributed by atoms with Crippen molar-refractivity contribution in [1.29, 1.82) is 0 Å². The van der Waals surface area contributed by atoms with Crippen molar-refractivity contribution in [3.63, 3.8) is 0 Å². The number of likely N-dealkylation sites (N-methyl/N-ethyl adjacent to an activating group) is 1. The van der Waals surface area contributed by atoms with Crippen LogP contribution in [0.5, 0.6) is 0 Å². The maximum atomic E-state index is 12.7. The third kappa shape index (κ3) is 5.10. The van der Waals surface area contributed by atoms with Crippen LogP contribution < -0.4 is 5.32 Å². The Morgan fingerprint density at radius 3 is 2.31 bits per heavy atom. The molecule has 2 rings (SSSR count). The second-order valence-corrected chi connectivity index (χ2v) is 8.28. The highest BCUT2D eigenvalue weighted by molar-refractivity contribution is 5.88. The van der Waals surface area contributed by atoms with E-state index in [0.717, 1.165) is 58.3 Å². The molecule has 150 valence electrons. The first kappa shape index (κ1) is 21.0. The first-order chi connectivity index (χ1) is 12.3. The molecule has 26 heavy (non-hydrogen) atoms. The van der Waals surface area contributed by atoms with Gasteiger partial charge in [-0.1, -0.05) is 6.92 Å².